The third-order valence-corrected chi connectivity index (χ3v) is 7.29. The SMILES string of the molecule is COc1cc(/C=C2\C(=O)NC(=O)N(c3cccc(Cl)c3)C2=O)cc(Br)c1OS(=O)(=O)c1ccc(C)cc1. The first-order valence-corrected chi connectivity index (χ1v) is 13.1. The molecule has 0 bridgehead atoms. The van der Waals surface area contributed by atoms with Gasteiger partial charge in [0.05, 0.1) is 17.3 Å². The molecule has 1 N–H and O–H groups in total. The molecule has 9 nitrogen and oxygen atoms in total. The van der Waals surface area contributed by atoms with Gasteiger partial charge in [-0.05, 0) is 77.0 Å². The van der Waals surface area contributed by atoms with Crippen LogP contribution in [0.3, 0.4) is 0 Å². The number of amides is 4. The van der Waals surface area contributed by atoms with Crippen LogP contribution in [0.4, 0.5) is 10.5 Å². The first-order valence-electron chi connectivity index (χ1n) is 10.6. The van der Waals surface area contributed by atoms with Crippen LogP contribution in [0.15, 0.2) is 75.6 Å². The van der Waals surface area contributed by atoms with Crippen molar-refractivity contribution in [2.45, 2.75) is 11.8 Å². The van der Waals surface area contributed by atoms with E-state index < -0.39 is 28.0 Å². The molecule has 0 radical (unpaired) electrons. The molecule has 1 aliphatic rings. The number of methoxy groups -OCH3 is 1. The molecule has 0 aliphatic carbocycles. The molecule has 1 saturated heterocycles. The quantitative estimate of drug-likeness (QED) is 0.242. The molecule has 4 rings (SSSR count). The Hall–Kier alpha value is -3.67. The highest BCUT2D eigenvalue weighted by atomic mass is 79.9. The van der Waals surface area contributed by atoms with E-state index in [1.165, 1.54) is 49.6 Å². The fourth-order valence-electron chi connectivity index (χ4n) is 3.44. The van der Waals surface area contributed by atoms with Crippen LogP contribution in [-0.2, 0) is 19.7 Å². The molecule has 1 heterocycles. The van der Waals surface area contributed by atoms with Crippen molar-refractivity contribution < 1.29 is 31.7 Å². The highest BCUT2D eigenvalue weighted by Gasteiger charge is 2.37. The largest absolute Gasteiger partial charge is 0.493 e. The van der Waals surface area contributed by atoms with Crippen LogP contribution >= 0.6 is 27.5 Å². The minimum Gasteiger partial charge on any atom is -0.493 e. The van der Waals surface area contributed by atoms with Gasteiger partial charge in [-0.1, -0.05) is 35.4 Å². The standard InChI is InChI=1S/C25H18BrClN2O7S/c1-14-6-8-18(9-7-14)37(33,34)36-22-20(26)11-15(12-21(22)35-2)10-19-23(30)28-25(32)29(24(19)31)17-5-3-4-16(27)13-17/h3-13H,1-2H3,(H,28,30,32)/b19-10+. The third-order valence-electron chi connectivity index (χ3n) is 5.23. The molecule has 4 amide bonds. The Morgan fingerprint density at radius 3 is 2.38 bits per heavy atom. The Morgan fingerprint density at radius 2 is 1.73 bits per heavy atom. The minimum atomic E-state index is -4.19. The number of anilines is 1. The lowest BCUT2D eigenvalue weighted by molar-refractivity contribution is -0.122. The Bertz CT molecular complexity index is 1570. The number of carbonyl (C=O) groups excluding carboxylic acids is 3. The highest BCUT2D eigenvalue weighted by Crippen LogP contribution is 2.39. The molecular weight excluding hydrogens is 588 g/mol. The zero-order valence-corrected chi connectivity index (χ0v) is 22.5. The lowest BCUT2D eigenvalue weighted by Crippen LogP contribution is -2.54. The fraction of sp³-hybridized carbons (Fsp3) is 0.0800. The number of hydrogen-bond acceptors (Lipinski definition) is 7. The van der Waals surface area contributed by atoms with Crippen molar-refractivity contribution in [2.75, 3.05) is 12.0 Å². The molecular formula is C25H18BrClN2O7S. The van der Waals surface area contributed by atoms with Gasteiger partial charge in [-0.3, -0.25) is 14.9 Å². The van der Waals surface area contributed by atoms with Gasteiger partial charge in [-0.15, -0.1) is 0 Å². The van der Waals surface area contributed by atoms with Crippen molar-refractivity contribution in [1.29, 1.82) is 0 Å². The van der Waals surface area contributed by atoms with Crippen molar-refractivity contribution in [2.24, 2.45) is 0 Å². The molecule has 0 spiro atoms. The summed E-state index contributed by atoms with van der Waals surface area (Å²) in [7, 11) is -2.88. The van der Waals surface area contributed by atoms with Crippen LogP contribution in [0, 0.1) is 6.92 Å². The number of benzene rings is 3. The Kier molecular flexibility index (Phi) is 7.39. The average molecular weight is 606 g/mol. The van der Waals surface area contributed by atoms with Crippen molar-refractivity contribution >= 4 is 67.3 Å². The molecule has 1 fully saturated rings. The maximum Gasteiger partial charge on any atom is 0.339 e. The molecule has 3 aromatic carbocycles. The monoisotopic (exact) mass is 604 g/mol. The van der Waals surface area contributed by atoms with Gasteiger partial charge in [0.2, 0.25) is 0 Å². The molecule has 12 heteroatoms. The molecule has 0 saturated carbocycles. The Labute approximate surface area is 225 Å². The zero-order chi connectivity index (χ0) is 26.9. The number of urea groups is 1. The van der Waals surface area contributed by atoms with Crippen LogP contribution in [0.25, 0.3) is 6.08 Å². The summed E-state index contributed by atoms with van der Waals surface area (Å²) in [6.45, 7) is 1.82. The van der Waals surface area contributed by atoms with E-state index in [2.05, 4.69) is 21.2 Å². The van der Waals surface area contributed by atoms with Crippen molar-refractivity contribution in [3.8, 4) is 11.5 Å². The first-order chi connectivity index (χ1) is 17.5. The second kappa shape index (κ2) is 10.4. The normalized spacial score (nSPS) is 15.1. The van der Waals surface area contributed by atoms with Crippen molar-refractivity contribution in [1.82, 2.24) is 5.32 Å². The lowest BCUT2D eigenvalue weighted by atomic mass is 10.1. The Balaban J connectivity index is 1.70. The van der Waals surface area contributed by atoms with E-state index in [9.17, 15) is 22.8 Å². The highest BCUT2D eigenvalue weighted by molar-refractivity contribution is 9.10. The number of rotatable bonds is 6. The van der Waals surface area contributed by atoms with Crippen LogP contribution in [0.5, 0.6) is 11.5 Å². The van der Waals surface area contributed by atoms with Crippen LogP contribution in [-0.4, -0.2) is 33.4 Å². The molecule has 0 aromatic heterocycles. The summed E-state index contributed by atoms with van der Waals surface area (Å²) in [5.74, 6) is -1.87. The van der Waals surface area contributed by atoms with E-state index >= 15 is 0 Å². The van der Waals surface area contributed by atoms with Crippen LogP contribution in [0.1, 0.15) is 11.1 Å². The van der Waals surface area contributed by atoms with Crippen molar-refractivity contribution in [3.05, 3.63) is 86.9 Å². The molecule has 37 heavy (non-hydrogen) atoms. The topological polar surface area (TPSA) is 119 Å². The van der Waals surface area contributed by atoms with E-state index in [4.69, 9.17) is 20.5 Å². The Morgan fingerprint density at radius 1 is 1.03 bits per heavy atom. The second-order valence-corrected chi connectivity index (χ2v) is 10.7. The molecule has 0 atom stereocenters. The summed E-state index contributed by atoms with van der Waals surface area (Å²) in [4.78, 5) is 38.8. The van der Waals surface area contributed by atoms with E-state index in [-0.39, 0.29) is 32.1 Å². The third kappa shape index (κ3) is 5.53. The van der Waals surface area contributed by atoms with Crippen LogP contribution < -0.4 is 19.1 Å². The van der Waals surface area contributed by atoms with E-state index in [0.717, 1.165) is 10.5 Å². The van der Waals surface area contributed by atoms with Gasteiger partial charge >= 0.3 is 16.1 Å². The number of hydrogen-bond donors (Lipinski definition) is 1. The van der Waals surface area contributed by atoms with E-state index in [1.807, 2.05) is 6.92 Å². The van der Waals surface area contributed by atoms with Gasteiger partial charge in [-0.2, -0.15) is 8.42 Å². The smallest absolute Gasteiger partial charge is 0.339 e. The summed E-state index contributed by atoms with van der Waals surface area (Å²) >= 11 is 9.26. The number of nitrogens with one attached hydrogen (secondary N) is 1. The number of nitrogens with zero attached hydrogens (tertiary/aromatic N) is 1. The second-order valence-electron chi connectivity index (χ2n) is 7.82. The van der Waals surface area contributed by atoms with E-state index in [1.54, 1.807) is 24.3 Å². The number of halogens is 2. The summed E-state index contributed by atoms with van der Waals surface area (Å²) in [6, 6.07) is 14.1. The van der Waals surface area contributed by atoms with E-state index in [0.29, 0.717) is 10.6 Å². The van der Waals surface area contributed by atoms with Crippen LogP contribution in [0.2, 0.25) is 5.02 Å². The molecule has 1 aliphatic heterocycles. The van der Waals surface area contributed by atoms with Gasteiger partial charge in [0.15, 0.2) is 11.5 Å². The number of barbiturate groups is 1. The molecule has 0 unspecified atom stereocenters. The predicted octanol–water partition coefficient (Wildman–Crippen LogP) is 4.85. The number of ether oxygens (including phenoxy) is 1. The van der Waals surface area contributed by atoms with Gasteiger partial charge in [-0.25, -0.2) is 9.69 Å². The molecule has 190 valence electrons. The summed E-state index contributed by atoms with van der Waals surface area (Å²) < 4.78 is 36.4. The van der Waals surface area contributed by atoms with Gasteiger partial charge in [0, 0.05) is 5.02 Å². The molecule has 3 aromatic rings. The lowest BCUT2D eigenvalue weighted by Gasteiger charge is -2.26. The number of imide groups is 2. The summed E-state index contributed by atoms with van der Waals surface area (Å²) in [5, 5.41) is 2.42. The predicted molar refractivity (Wildman–Crippen MR) is 140 cm³/mol. The summed E-state index contributed by atoms with van der Waals surface area (Å²) in [5.41, 5.74) is 1.02. The minimum absolute atomic E-state index is 0.0170. The zero-order valence-electron chi connectivity index (χ0n) is 19.3. The first kappa shape index (κ1) is 26.4. The van der Waals surface area contributed by atoms with Gasteiger partial charge in [0.25, 0.3) is 11.8 Å². The number of carbonyl (C=O) groups is 3. The maximum absolute atomic E-state index is 13.1. The number of aryl methyl sites for hydroxylation is 1. The van der Waals surface area contributed by atoms with Gasteiger partial charge < -0.3 is 8.92 Å². The van der Waals surface area contributed by atoms with Gasteiger partial charge in [0.1, 0.15) is 10.5 Å². The summed E-state index contributed by atoms with van der Waals surface area (Å²) in [6.07, 6.45) is 1.24. The fourth-order valence-corrected chi connectivity index (χ4v) is 5.23. The average Bonchev–Trinajstić information content (AvgIpc) is 2.83. The van der Waals surface area contributed by atoms with Crippen molar-refractivity contribution in [3.63, 3.8) is 0 Å². The maximum atomic E-state index is 13.1.